The highest BCUT2D eigenvalue weighted by Gasteiger charge is 2.34. The highest BCUT2D eigenvalue weighted by molar-refractivity contribution is 4.78. The first-order valence-corrected chi connectivity index (χ1v) is 7.50. The molecule has 0 bridgehead atoms. The average molecular weight is 310 g/mol. The Morgan fingerprint density at radius 3 is 1.41 bits per heavy atom. The first kappa shape index (κ1) is 17.1. The molecule has 0 aromatic heterocycles. The Balaban J connectivity index is 1.60. The highest BCUT2D eigenvalue weighted by atomic mass is 16.8. The van der Waals surface area contributed by atoms with Crippen LogP contribution in [0.1, 0.15) is 12.8 Å². The van der Waals surface area contributed by atoms with Gasteiger partial charge in [0.1, 0.15) is 0 Å². The normalized spacial score (nSPS) is 32.1. The van der Waals surface area contributed by atoms with Crippen molar-refractivity contribution in [2.24, 2.45) is 0 Å². The van der Waals surface area contributed by atoms with Crippen LogP contribution in [0.3, 0.4) is 0 Å². The molecule has 0 aromatic carbocycles. The molecule has 0 atom stereocenters. The van der Waals surface area contributed by atoms with Crippen LogP contribution in [0.5, 0.6) is 0 Å². The molecule has 2 aliphatic heterocycles. The average Bonchev–Trinajstić information content (AvgIpc) is 2.57. The zero-order valence-electron chi connectivity index (χ0n) is 12.5. The van der Waals surface area contributed by atoms with Gasteiger partial charge < -0.3 is 29.6 Å². The Bertz CT molecular complexity index is 355. The second-order valence-electron chi connectivity index (χ2n) is 5.19. The molecular formula is C14H22N4O4. The van der Waals surface area contributed by atoms with Gasteiger partial charge in [0.25, 0.3) is 0 Å². The Morgan fingerprint density at radius 2 is 1.09 bits per heavy atom. The van der Waals surface area contributed by atoms with Gasteiger partial charge in [-0.1, -0.05) is 0 Å². The molecule has 2 aliphatic rings. The quantitative estimate of drug-likeness (QED) is 0.604. The zero-order chi connectivity index (χ0) is 15.6. The molecule has 122 valence electrons. The summed E-state index contributed by atoms with van der Waals surface area (Å²) >= 11 is 0. The first-order chi connectivity index (χ1) is 10.8. The van der Waals surface area contributed by atoms with Gasteiger partial charge in [-0.3, -0.25) is 0 Å². The Labute approximate surface area is 130 Å². The second-order valence-corrected chi connectivity index (χ2v) is 5.19. The van der Waals surface area contributed by atoms with Gasteiger partial charge in [-0.05, 0) is 0 Å². The van der Waals surface area contributed by atoms with Crippen LogP contribution in [0.15, 0.2) is 0 Å². The third-order valence-corrected chi connectivity index (χ3v) is 3.41. The van der Waals surface area contributed by atoms with E-state index in [9.17, 15) is 0 Å². The summed E-state index contributed by atoms with van der Waals surface area (Å²) in [7, 11) is 0. The van der Waals surface area contributed by atoms with E-state index in [4.69, 9.17) is 29.5 Å². The number of hydrogen-bond donors (Lipinski definition) is 2. The molecule has 0 saturated carbocycles. The smallest absolute Gasteiger partial charge is 0.209 e. The highest BCUT2D eigenvalue weighted by Crippen LogP contribution is 2.17. The van der Waals surface area contributed by atoms with Crippen LogP contribution in [-0.2, 0) is 18.9 Å². The van der Waals surface area contributed by atoms with E-state index in [0.29, 0.717) is 52.4 Å². The third kappa shape index (κ3) is 5.50. The lowest BCUT2D eigenvalue weighted by atomic mass is 10.2. The standard InChI is InChI=1S/C14H22N4O4/c15-3-1-5-17-11-7-19-13(20-8-11)14-21-9-12(10-22-14)18-6-2-4-16/h11-14,17-18H,1-2,5-10H2. The van der Waals surface area contributed by atoms with Crippen LogP contribution in [0.2, 0.25) is 0 Å². The lowest BCUT2D eigenvalue weighted by Crippen LogP contribution is -2.53. The number of hydrogen-bond acceptors (Lipinski definition) is 8. The summed E-state index contributed by atoms with van der Waals surface area (Å²) in [6.07, 6.45) is -0.104. The van der Waals surface area contributed by atoms with Gasteiger partial charge >= 0.3 is 0 Å². The van der Waals surface area contributed by atoms with Gasteiger partial charge in [-0.25, -0.2) is 0 Å². The van der Waals surface area contributed by atoms with Crippen LogP contribution in [0.4, 0.5) is 0 Å². The van der Waals surface area contributed by atoms with E-state index in [0.717, 1.165) is 0 Å². The minimum atomic E-state index is -0.519. The fraction of sp³-hybridized carbons (Fsp3) is 0.857. The van der Waals surface area contributed by atoms with Crippen molar-refractivity contribution in [1.29, 1.82) is 10.5 Å². The Kier molecular flexibility index (Phi) is 7.54. The van der Waals surface area contributed by atoms with E-state index in [1.165, 1.54) is 0 Å². The van der Waals surface area contributed by atoms with Crippen molar-refractivity contribution in [2.45, 2.75) is 37.5 Å². The molecule has 2 N–H and O–H groups in total. The molecule has 0 radical (unpaired) electrons. The fourth-order valence-electron chi connectivity index (χ4n) is 2.25. The van der Waals surface area contributed by atoms with Crippen LogP contribution in [-0.4, -0.2) is 64.2 Å². The molecule has 0 amide bonds. The molecule has 22 heavy (non-hydrogen) atoms. The van der Waals surface area contributed by atoms with Crippen LogP contribution in [0.25, 0.3) is 0 Å². The van der Waals surface area contributed by atoms with Crippen LogP contribution < -0.4 is 10.6 Å². The van der Waals surface area contributed by atoms with Crippen LogP contribution >= 0.6 is 0 Å². The molecule has 8 heteroatoms. The predicted molar refractivity (Wildman–Crippen MR) is 75.4 cm³/mol. The number of nitriles is 2. The van der Waals surface area contributed by atoms with Crippen molar-refractivity contribution in [2.75, 3.05) is 39.5 Å². The molecule has 0 unspecified atom stereocenters. The minimum absolute atomic E-state index is 0.0913. The van der Waals surface area contributed by atoms with Gasteiger partial charge in [0.2, 0.25) is 12.6 Å². The fourth-order valence-corrected chi connectivity index (χ4v) is 2.25. The summed E-state index contributed by atoms with van der Waals surface area (Å²) < 4.78 is 22.5. The summed E-state index contributed by atoms with van der Waals surface area (Å²) in [4.78, 5) is 0. The first-order valence-electron chi connectivity index (χ1n) is 7.50. The predicted octanol–water partition coefficient (Wildman–Crippen LogP) is -0.524. The van der Waals surface area contributed by atoms with Crippen molar-refractivity contribution in [3.8, 4) is 12.1 Å². The van der Waals surface area contributed by atoms with Crippen molar-refractivity contribution >= 4 is 0 Å². The van der Waals surface area contributed by atoms with E-state index in [1.54, 1.807) is 0 Å². The zero-order valence-corrected chi connectivity index (χ0v) is 12.5. The summed E-state index contributed by atoms with van der Waals surface area (Å²) in [6, 6.07) is 4.35. The molecule has 2 heterocycles. The minimum Gasteiger partial charge on any atom is -0.346 e. The van der Waals surface area contributed by atoms with E-state index in [2.05, 4.69) is 22.8 Å². The second kappa shape index (κ2) is 9.70. The third-order valence-electron chi connectivity index (χ3n) is 3.41. The Hall–Kier alpha value is -1.26. The van der Waals surface area contributed by atoms with Crippen molar-refractivity contribution < 1.29 is 18.9 Å². The lowest BCUT2D eigenvalue weighted by Gasteiger charge is -2.37. The Morgan fingerprint density at radius 1 is 0.727 bits per heavy atom. The number of nitrogens with one attached hydrogen (secondary N) is 2. The molecule has 2 saturated heterocycles. The summed E-state index contributed by atoms with van der Waals surface area (Å²) in [5.74, 6) is 0. The maximum absolute atomic E-state index is 8.49. The lowest BCUT2D eigenvalue weighted by molar-refractivity contribution is -0.322. The summed E-state index contributed by atoms with van der Waals surface area (Å²) in [6.45, 7) is 3.27. The van der Waals surface area contributed by atoms with Crippen molar-refractivity contribution in [1.82, 2.24) is 10.6 Å². The van der Waals surface area contributed by atoms with Crippen LogP contribution in [0, 0.1) is 22.7 Å². The number of ether oxygens (including phenoxy) is 4. The van der Waals surface area contributed by atoms with Gasteiger partial charge in [0.15, 0.2) is 0 Å². The van der Waals surface area contributed by atoms with Crippen molar-refractivity contribution in [3.63, 3.8) is 0 Å². The van der Waals surface area contributed by atoms with E-state index >= 15 is 0 Å². The molecule has 8 nitrogen and oxygen atoms in total. The summed E-state index contributed by atoms with van der Waals surface area (Å²) in [5.41, 5.74) is 0. The largest absolute Gasteiger partial charge is 0.346 e. The van der Waals surface area contributed by atoms with Crippen molar-refractivity contribution in [3.05, 3.63) is 0 Å². The number of rotatable bonds is 7. The van der Waals surface area contributed by atoms with E-state index < -0.39 is 12.6 Å². The summed E-state index contributed by atoms with van der Waals surface area (Å²) in [5, 5.41) is 23.4. The van der Waals surface area contributed by atoms with Gasteiger partial charge in [-0.2, -0.15) is 10.5 Å². The SMILES string of the molecule is N#CCCNC1COC(C2OCC(NCCC#N)CO2)OC1. The van der Waals surface area contributed by atoms with E-state index in [-0.39, 0.29) is 12.1 Å². The monoisotopic (exact) mass is 310 g/mol. The maximum atomic E-state index is 8.49. The molecule has 2 fully saturated rings. The molecule has 0 aromatic rings. The van der Waals surface area contributed by atoms with Gasteiger partial charge in [0, 0.05) is 25.9 Å². The topological polar surface area (TPSA) is 109 Å². The van der Waals surface area contributed by atoms with Gasteiger partial charge in [0.05, 0.1) is 50.6 Å². The number of nitrogens with zero attached hydrogens (tertiary/aromatic N) is 2. The maximum Gasteiger partial charge on any atom is 0.209 e. The molecule has 2 rings (SSSR count). The molecular weight excluding hydrogens is 288 g/mol. The molecule has 0 spiro atoms. The van der Waals surface area contributed by atoms with E-state index in [1.807, 2.05) is 0 Å². The van der Waals surface area contributed by atoms with Gasteiger partial charge in [-0.15, -0.1) is 0 Å². The molecule has 0 aliphatic carbocycles.